The van der Waals surface area contributed by atoms with Crippen molar-refractivity contribution in [3.05, 3.63) is 29.6 Å². The molecular weight excluding hydrogens is 262 g/mol. The molecule has 1 atom stereocenters. The van der Waals surface area contributed by atoms with Crippen LogP contribution in [0.5, 0.6) is 0 Å². The van der Waals surface area contributed by atoms with Gasteiger partial charge in [0.1, 0.15) is 0 Å². The Morgan fingerprint density at radius 1 is 1.33 bits per heavy atom. The molecule has 0 spiro atoms. The number of amides is 1. The molecule has 1 aromatic rings. The smallest absolute Gasteiger partial charge is 0.239 e. The molecule has 1 fully saturated rings. The van der Waals surface area contributed by atoms with Crippen molar-refractivity contribution < 1.29 is 4.79 Å². The molecule has 0 bridgehead atoms. The number of nitrogens with one attached hydrogen (secondary N) is 1. The van der Waals surface area contributed by atoms with Crippen LogP contribution in [-0.2, 0) is 17.8 Å². The predicted octanol–water partition coefficient (Wildman–Crippen LogP) is 2.52. The van der Waals surface area contributed by atoms with Gasteiger partial charge in [0.25, 0.3) is 0 Å². The minimum atomic E-state index is -0.144. The second kappa shape index (κ2) is 8.13. The lowest BCUT2D eigenvalue weighted by Gasteiger charge is -2.24. The van der Waals surface area contributed by atoms with Gasteiger partial charge in [0, 0.05) is 25.8 Å². The molecule has 1 unspecified atom stereocenters. The molecule has 1 amide bonds. The number of hydrogen-bond acceptors (Lipinski definition) is 3. The molecule has 1 N–H and O–H groups in total. The Balaban J connectivity index is 1.88. The summed E-state index contributed by atoms with van der Waals surface area (Å²) in [6.07, 6.45) is 7.56. The van der Waals surface area contributed by atoms with Crippen molar-refractivity contribution in [2.75, 3.05) is 13.1 Å². The highest BCUT2D eigenvalue weighted by atomic mass is 16.2. The molecule has 1 aliphatic heterocycles. The van der Waals surface area contributed by atoms with Crippen molar-refractivity contribution in [3.63, 3.8) is 0 Å². The van der Waals surface area contributed by atoms with Gasteiger partial charge in [-0.25, -0.2) is 0 Å². The molecule has 21 heavy (non-hydrogen) atoms. The van der Waals surface area contributed by atoms with E-state index in [-0.39, 0.29) is 11.9 Å². The van der Waals surface area contributed by atoms with Gasteiger partial charge in [-0.1, -0.05) is 25.8 Å². The number of likely N-dealkylation sites (tertiary alicyclic amines) is 1. The van der Waals surface area contributed by atoms with Crippen LogP contribution in [-0.4, -0.2) is 34.9 Å². The van der Waals surface area contributed by atoms with Crippen molar-refractivity contribution in [1.82, 2.24) is 15.2 Å². The highest BCUT2D eigenvalue weighted by molar-refractivity contribution is 5.81. The third-order valence-corrected chi connectivity index (χ3v) is 4.23. The van der Waals surface area contributed by atoms with E-state index >= 15 is 0 Å². The normalized spacial score (nSPS) is 17.3. The Kier molecular flexibility index (Phi) is 6.18. The Bertz CT molecular complexity index is 453. The summed E-state index contributed by atoms with van der Waals surface area (Å²) in [5, 5.41) is 3.34. The standard InChI is InChI=1S/C17H27N3O/c1-3-15-9-8-10-18-16(15)13-19-14(2)17(21)20-11-6-4-5-7-12-20/h8-10,14,19H,3-7,11-13H2,1-2H3. The van der Waals surface area contributed by atoms with Gasteiger partial charge in [-0.3, -0.25) is 9.78 Å². The molecule has 0 aromatic carbocycles. The van der Waals surface area contributed by atoms with E-state index in [2.05, 4.69) is 23.3 Å². The third kappa shape index (κ3) is 4.53. The van der Waals surface area contributed by atoms with Gasteiger partial charge in [-0.05, 0) is 37.8 Å². The highest BCUT2D eigenvalue weighted by Crippen LogP contribution is 2.11. The number of pyridine rings is 1. The first-order chi connectivity index (χ1) is 10.2. The summed E-state index contributed by atoms with van der Waals surface area (Å²) in [6.45, 7) is 6.57. The fraction of sp³-hybridized carbons (Fsp3) is 0.647. The first-order valence-electron chi connectivity index (χ1n) is 8.17. The number of carbonyl (C=O) groups is 1. The van der Waals surface area contributed by atoms with Gasteiger partial charge < -0.3 is 10.2 Å². The Morgan fingerprint density at radius 3 is 2.71 bits per heavy atom. The average Bonchev–Trinajstić information content (AvgIpc) is 2.81. The molecule has 0 aliphatic carbocycles. The van der Waals surface area contributed by atoms with Gasteiger partial charge in [0.2, 0.25) is 5.91 Å². The summed E-state index contributed by atoms with van der Waals surface area (Å²) >= 11 is 0. The summed E-state index contributed by atoms with van der Waals surface area (Å²) in [5.74, 6) is 0.228. The minimum absolute atomic E-state index is 0.144. The maximum atomic E-state index is 12.5. The monoisotopic (exact) mass is 289 g/mol. The summed E-state index contributed by atoms with van der Waals surface area (Å²) < 4.78 is 0. The number of hydrogen-bond donors (Lipinski definition) is 1. The quantitative estimate of drug-likeness (QED) is 0.906. The van der Waals surface area contributed by atoms with Gasteiger partial charge in [0.05, 0.1) is 11.7 Å². The number of aryl methyl sites for hydroxylation is 1. The Hall–Kier alpha value is -1.42. The molecule has 1 aliphatic rings. The minimum Gasteiger partial charge on any atom is -0.341 e. The SMILES string of the molecule is CCc1cccnc1CNC(C)C(=O)N1CCCCCC1. The summed E-state index contributed by atoms with van der Waals surface area (Å²) in [4.78, 5) is 18.9. The number of nitrogens with zero attached hydrogens (tertiary/aromatic N) is 2. The number of aromatic nitrogens is 1. The molecule has 0 radical (unpaired) electrons. The molecule has 4 heteroatoms. The zero-order valence-corrected chi connectivity index (χ0v) is 13.3. The number of rotatable bonds is 5. The second-order valence-electron chi connectivity index (χ2n) is 5.80. The van der Waals surface area contributed by atoms with Crippen LogP contribution in [0.2, 0.25) is 0 Å². The van der Waals surface area contributed by atoms with Gasteiger partial charge in [-0.2, -0.15) is 0 Å². The molecule has 116 valence electrons. The van der Waals surface area contributed by atoms with Crippen molar-refractivity contribution in [2.24, 2.45) is 0 Å². The molecule has 2 heterocycles. The first-order valence-corrected chi connectivity index (χ1v) is 8.17. The molecular formula is C17H27N3O. The number of carbonyl (C=O) groups excluding carboxylic acids is 1. The molecule has 0 saturated carbocycles. The first kappa shape index (κ1) is 16.0. The highest BCUT2D eigenvalue weighted by Gasteiger charge is 2.21. The largest absolute Gasteiger partial charge is 0.341 e. The van der Waals surface area contributed by atoms with Crippen molar-refractivity contribution in [2.45, 2.75) is 58.5 Å². The van der Waals surface area contributed by atoms with Crippen LogP contribution >= 0.6 is 0 Å². The lowest BCUT2D eigenvalue weighted by Crippen LogP contribution is -2.45. The van der Waals surface area contributed by atoms with E-state index in [1.807, 2.05) is 24.1 Å². The van der Waals surface area contributed by atoms with Crippen molar-refractivity contribution in [1.29, 1.82) is 0 Å². The summed E-state index contributed by atoms with van der Waals surface area (Å²) in [5.41, 5.74) is 2.30. The van der Waals surface area contributed by atoms with E-state index < -0.39 is 0 Å². The van der Waals surface area contributed by atoms with Crippen LogP contribution in [0, 0.1) is 0 Å². The Morgan fingerprint density at radius 2 is 2.05 bits per heavy atom. The third-order valence-electron chi connectivity index (χ3n) is 4.23. The van der Waals surface area contributed by atoms with Crippen molar-refractivity contribution in [3.8, 4) is 0 Å². The van der Waals surface area contributed by atoms with Gasteiger partial charge in [-0.15, -0.1) is 0 Å². The zero-order valence-electron chi connectivity index (χ0n) is 13.3. The van der Waals surface area contributed by atoms with Crippen LogP contribution in [0.3, 0.4) is 0 Å². The maximum absolute atomic E-state index is 12.5. The fourth-order valence-electron chi connectivity index (χ4n) is 2.85. The average molecular weight is 289 g/mol. The predicted molar refractivity (Wildman–Crippen MR) is 85.0 cm³/mol. The lowest BCUT2D eigenvalue weighted by atomic mass is 10.1. The summed E-state index contributed by atoms with van der Waals surface area (Å²) in [7, 11) is 0. The van der Waals surface area contributed by atoms with Crippen LogP contribution in [0.1, 0.15) is 50.8 Å². The van der Waals surface area contributed by atoms with E-state index in [1.165, 1.54) is 18.4 Å². The van der Waals surface area contributed by atoms with Crippen LogP contribution in [0.4, 0.5) is 0 Å². The molecule has 1 saturated heterocycles. The second-order valence-corrected chi connectivity index (χ2v) is 5.80. The van der Waals surface area contributed by atoms with E-state index in [0.29, 0.717) is 6.54 Å². The molecule has 1 aromatic heterocycles. The van der Waals surface area contributed by atoms with E-state index in [0.717, 1.165) is 38.0 Å². The van der Waals surface area contributed by atoms with E-state index in [4.69, 9.17) is 0 Å². The Labute approximate surface area is 127 Å². The van der Waals surface area contributed by atoms with E-state index in [9.17, 15) is 4.79 Å². The molecule has 4 nitrogen and oxygen atoms in total. The van der Waals surface area contributed by atoms with E-state index in [1.54, 1.807) is 0 Å². The fourth-order valence-corrected chi connectivity index (χ4v) is 2.85. The zero-order chi connectivity index (χ0) is 15.1. The summed E-state index contributed by atoms with van der Waals surface area (Å²) in [6, 6.07) is 3.93. The van der Waals surface area contributed by atoms with Crippen LogP contribution < -0.4 is 5.32 Å². The molecule has 2 rings (SSSR count). The van der Waals surface area contributed by atoms with Crippen LogP contribution in [0.25, 0.3) is 0 Å². The van der Waals surface area contributed by atoms with Gasteiger partial charge in [0.15, 0.2) is 0 Å². The van der Waals surface area contributed by atoms with Crippen molar-refractivity contribution >= 4 is 5.91 Å². The topological polar surface area (TPSA) is 45.2 Å². The maximum Gasteiger partial charge on any atom is 0.239 e. The van der Waals surface area contributed by atoms with Gasteiger partial charge >= 0.3 is 0 Å². The van der Waals surface area contributed by atoms with Crippen LogP contribution in [0.15, 0.2) is 18.3 Å². The lowest BCUT2D eigenvalue weighted by molar-refractivity contribution is -0.133.